The van der Waals surface area contributed by atoms with E-state index in [-0.39, 0.29) is 0 Å². The van der Waals surface area contributed by atoms with Crippen LogP contribution in [0.2, 0.25) is 0 Å². The van der Waals surface area contributed by atoms with Crippen molar-refractivity contribution in [2.75, 3.05) is 0 Å². The van der Waals surface area contributed by atoms with Crippen LogP contribution < -0.4 is 4.74 Å². The van der Waals surface area contributed by atoms with Crippen molar-refractivity contribution < 1.29 is 36.6 Å². The largest absolute Gasteiger partial charge is 0.573 e. The highest BCUT2D eigenvalue weighted by Crippen LogP contribution is 2.30. The SMILES string of the molecule is O=C(O)c1ccc(F)c(OC(F)(F)F)c1F. The zero-order valence-corrected chi connectivity index (χ0v) is 7.31. The van der Waals surface area contributed by atoms with Crippen molar-refractivity contribution in [1.29, 1.82) is 0 Å². The molecule has 0 radical (unpaired) electrons. The van der Waals surface area contributed by atoms with Crippen molar-refractivity contribution in [2.45, 2.75) is 6.36 Å². The summed E-state index contributed by atoms with van der Waals surface area (Å²) in [6.45, 7) is 0. The Morgan fingerprint density at radius 1 is 1.25 bits per heavy atom. The van der Waals surface area contributed by atoms with Gasteiger partial charge in [0.15, 0.2) is 11.6 Å². The Morgan fingerprint density at radius 3 is 2.25 bits per heavy atom. The minimum Gasteiger partial charge on any atom is -0.478 e. The monoisotopic (exact) mass is 242 g/mol. The zero-order chi connectivity index (χ0) is 12.5. The number of carboxylic acid groups (broad SMARTS) is 1. The van der Waals surface area contributed by atoms with Gasteiger partial charge >= 0.3 is 12.3 Å². The quantitative estimate of drug-likeness (QED) is 0.810. The third-order valence-electron chi connectivity index (χ3n) is 1.50. The van der Waals surface area contributed by atoms with Crippen molar-refractivity contribution in [3.8, 4) is 5.75 Å². The first-order chi connectivity index (χ1) is 7.22. The number of carbonyl (C=O) groups is 1. The molecule has 0 aliphatic heterocycles. The number of benzene rings is 1. The molecule has 88 valence electrons. The normalized spacial score (nSPS) is 11.3. The summed E-state index contributed by atoms with van der Waals surface area (Å²) in [5.74, 6) is -7.17. The van der Waals surface area contributed by atoms with E-state index in [1.807, 2.05) is 0 Å². The van der Waals surface area contributed by atoms with Gasteiger partial charge < -0.3 is 9.84 Å². The molecule has 1 aromatic rings. The van der Waals surface area contributed by atoms with Crippen molar-refractivity contribution in [1.82, 2.24) is 0 Å². The van der Waals surface area contributed by atoms with Gasteiger partial charge in [-0.2, -0.15) is 0 Å². The number of hydrogen-bond acceptors (Lipinski definition) is 2. The van der Waals surface area contributed by atoms with Crippen LogP contribution >= 0.6 is 0 Å². The fraction of sp³-hybridized carbons (Fsp3) is 0.125. The maximum atomic E-state index is 13.1. The number of halogens is 5. The van der Waals surface area contributed by atoms with Gasteiger partial charge in [0.05, 0.1) is 5.56 Å². The average Bonchev–Trinajstić information content (AvgIpc) is 2.10. The second kappa shape index (κ2) is 3.95. The summed E-state index contributed by atoms with van der Waals surface area (Å²) in [6.07, 6.45) is -5.31. The van der Waals surface area contributed by atoms with E-state index in [2.05, 4.69) is 4.74 Å². The molecule has 3 nitrogen and oxygen atoms in total. The minimum absolute atomic E-state index is 0.369. The van der Waals surface area contributed by atoms with Crippen molar-refractivity contribution in [2.24, 2.45) is 0 Å². The molecule has 1 N–H and O–H groups in total. The van der Waals surface area contributed by atoms with Crippen LogP contribution in [-0.2, 0) is 0 Å². The number of hydrogen-bond donors (Lipinski definition) is 1. The van der Waals surface area contributed by atoms with Crippen LogP contribution in [0.1, 0.15) is 10.4 Å². The summed E-state index contributed by atoms with van der Waals surface area (Å²) in [7, 11) is 0. The molecule has 0 bridgehead atoms. The van der Waals surface area contributed by atoms with Gasteiger partial charge in [0.25, 0.3) is 0 Å². The highest BCUT2D eigenvalue weighted by atomic mass is 19.4. The Kier molecular flexibility index (Phi) is 3.02. The number of carboxylic acids is 1. The lowest BCUT2D eigenvalue weighted by molar-refractivity contribution is -0.276. The second-order valence-corrected chi connectivity index (χ2v) is 2.59. The molecule has 0 saturated heterocycles. The Morgan fingerprint density at radius 2 is 1.81 bits per heavy atom. The minimum atomic E-state index is -5.31. The van der Waals surface area contributed by atoms with Crippen LogP contribution in [0.5, 0.6) is 5.75 Å². The molecule has 0 atom stereocenters. The lowest BCUT2D eigenvalue weighted by Crippen LogP contribution is -2.19. The Labute approximate surface area is 85.1 Å². The first kappa shape index (κ1) is 12.2. The van der Waals surface area contributed by atoms with E-state index in [4.69, 9.17) is 5.11 Å². The van der Waals surface area contributed by atoms with Gasteiger partial charge in [-0.25, -0.2) is 13.6 Å². The van der Waals surface area contributed by atoms with E-state index >= 15 is 0 Å². The van der Waals surface area contributed by atoms with Gasteiger partial charge in [-0.3, -0.25) is 0 Å². The molecule has 1 aromatic carbocycles. The molecule has 0 aliphatic rings. The lowest BCUT2D eigenvalue weighted by atomic mass is 10.2. The predicted molar refractivity (Wildman–Crippen MR) is 40.0 cm³/mol. The first-order valence-electron chi connectivity index (χ1n) is 3.69. The molecule has 1 rings (SSSR count). The average molecular weight is 242 g/mol. The molecule has 0 aliphatic carbocycles. The van der Waals surface area contributed by atoms with E-state index in [9.17, 15) is 26.7 Å². The molecule has 0 saturated carbocycles. The third-order valence-corrected chi connectivity index (χ3v) is 1.50. The van der Waals surface area contributed by atoms with Crippen LogP contribution in [-0.4, -0.2) is 17.4 Å². The van der Waals surface area contributed by atoms with E-state index in [1.165, 1.54) is 0 Å². The predicted octanol–water partition coefficient (Wildman–Crippen LogP) is 2.56. The van der Waals surface area contributed by atoms with Gasteiger partial charge in [-0.05, 0) is 12.1 Å². The molecule has 8 heteroatoms. The zero-order valence-electron chi connectivity index (χ0n) is 7.31. The van der Waals surface area contributed by atoms with Gasteiger partial charge in [0.1, 0.15) is 0 Å². The number of alkyl halides is 3. The number of aromatic carboxylic acids is 1. The van der Waals surface area contributed by atoms with Crippen molar-refractivity contribution >= 4 is 5.97 Å². The second-order valence-electron chi connectivity index (χ2n) is 2.59. The summed E-state index contributed by atoms with van der Waals surface area (Å²) in [5.41, 5.74) is -1.11. The third kappa shape index (κ3) is 2.59. The molecule has 0 unspecified atom stereocenters. The van der Waals surface area contributed by atoms with E-state index < -0.39 is 35.3 Å². The lowest BCUT2D eigenvalue weighted by Gasteiger charge is -2.11. The maximum absolute atomic E-state index is 13.1. The molecule has 0 heterocycles. The van der Waals surface area contributed by atoms with Gasteiger partial charge in [0.2, 0.25) is 5.75 Å². The summed E-state index contributed by atoms with van der Waals surface area (Å²) >= 11 is 0. The highest BCUT2D eigenvalue weighted by Gasteiger charge is 2.35. The Bertz CT molecular complexity index is 426. The maximum Gasteiger partial charge on any atom is 0.573 e. The van der Waals surface area contributed by atoms with Crippen LogP contribution in [0.15, 0.2) is 12.1 Å². The van der Waals surface area contributed by atoms with Crippen LogP contribution in [0.25, 0.3) is 0 Å². The molecular formula is C8H3F5O3. The van der Waals surface area contributed by atoms with Crippen molar-refractivity contribution in [3.63, 3.8) is 0 Å². The van der Waals surface area contributed by atoms with E-state index in [0.717, 1.165) is 0 Å². The summed E-state index contributed by atoms with van der Waals surface area (Å²) in [6, 6.07) is 0.865. The van der Waals surface area contributed by atoms with Crippen LogP contribution in [0, 0.1) is 11.6 Å². The molecule has 16 heavy (non-hydrogen) atoms. The van der Waals surface area contributed by atoms with Crippen molar-refractivity contribution in [3.05, 3.63) is 29.3 Å². The molecule has 0 aromatic heterocycles. The standard InChI is InChI=1S/C8H3F5O3/c9-4-2-1-3(7(14)15)5(10)6(4)16-8(11,12)13/h1-2H,(H,14,15). The highest BCUT2D eigenvalue weighted by molar-refractivity contribution is 5.88. The molecule has 0 fully saturated rings. The summed E-state index contributed by atoms with van der Waals surface area (Å²) < 4.78 is 64.1. The Balaban J connectivity index is 3.27. The fourth-order valence-corrected chi connectivity index (χ4v) is 0.907. The van der Waals surface area contributed by atoms with Gasteiger partial charge in [0, 0.05) is 0 Å². The van der Waals surface area contributed by atoms with Gasteiger partial charge in [-0.1, -0.05) is 0 Å². The number of rotatable bonds is 2. The Hall–Kier alpha value is -1.86. The fourth-order valence-electron chi connectivity index (χ4n) is 0.907. The van der Waals surface area contributed by atoms with E-state index in [0.29, 0.717) is 12.1 Å². The van der Waals surface area contributed by atoms with Crippen LogP contribution in [0.3, 0.4) is 0 Å². The molecular weight excluding hydrogens is 239 g/mol. The van der Waals surface area contributed by atoms with E-state index in [1.54, 1.807) is 0 Å². The summed E-state index contributed by atoms with van der Waals surface area (Å²) in [5, 5.41) is 8.38. The van der Waals surface area contributed by atoms with Gasteiger partial charge in [-0.15, -0.1) is 13.2 Å². The molecule has 0 spiro atoms. The van der Waals surface area contributed by atoms with Crippen LogP contribution in [0.4, 0.5) is 22.0 Å². The topological polar surface area (TPSA) is 46.5 Å². The summed E-state index contributed by atoms with van der Waals surface area (Å²) in [4.78, 5) is 10.4. The number of ether oxygens (including phenoxy) is 1. The molecule has 0 amide bonds. The smallest absolute Gasteiger partial charge is 0.478 e. The first-order valence-corrected chi connectivity index (χ1v) is 3.69.